The number of esters is 3. The van der Waals surface area contributed by atoms with E-state index in [0.29, 0.717) is 19.3 Å². The SMILES string of the molecule is CCCCCCCCCCCCCCCCCC(=O)OC[C@@H](COC(=O)CCCCCCCCCCCCCCC(C)C)OC(=O)CCCCCCCCCCCC. The molecule has 0 bridgehead atoms. The van der Waals surface area contributed by atoms with Crippen molar-refractivity contribution < 1.29 is 28.6 Å². The van der Waals surface area contributed by atoms with Crippen LogP contribution in [0.5, 0.6) is 0 Å². The van der Waals surface area contributed by atoms with Crippen molar-refractivity contribution >= 4 is 17.9 Å². The molecule has 0 aromatic rings. The molecule has 0 aliphatic carbocycles. The molecule has 0 aromatic heterocycles. The Morgan fingerprint density at radius 2 is 0.569 bits per heavy atom. The number of hydrogen-bond donors (Lipinski definition) is 0. The van der Waals surface area contributed by atoms with Crippen LogP contribution in [-0.4, -0.2) is 37.2 Å². The van der Waals surface area contributed by atoms with Gasteiger partial charge >= 0.3 is 17.9 Å². The number of unbranched alkanes of at least 4 members (excludes halogenated alkanes) is 34. The molecular formula is C52H100O6. The van der Waals surface area contributed by atoms with Crippen LogP contribution in [0.15, 0.2) is 0 Å². The molecule has 0 spiro atoms. The van der Waals surface area contributed by atoms with Gasteiger partial charge in [0.05, 0.1) is 0 Å². The summed E-state index contributed by atoms with van der Waals surface area (Å²) in [4.78, 5) is 37.9. The molecule has 0 fully saturated rings. The van der Waals surface area contributed by atoms with Gasteiger partial charge in [0.25, 0.3) is 0 Å². The Morgan fingerprint density at radius 3 is 0.845 bits per heavy atom. The third-order valence-electron chi connectivity index (χ3n) is 11.8. The Labute approximate surface area is 361 Å². The average Bonchev–Trinajstić information content (AvgIpc) is 3.21. The molecule has 6 nitrogen and oxygen atoms in total. The Morgan fingerprint density at radius 1 is 0.328 bits per heavy atom. The molecule has 0 saturated carbocycles. The summed E-state index contributed by atoms with van der Waals surface area (Å²) in [5.74, 6) is -0.0116. The second-order valence-corrected chi connectivity index (χ2v) is 18.3. The largest absolute Gasteiger partial charge is 0.462 e. The van der Waals surface area contributed by atoms with Crippen molar-refractivity contribution in [2.75, 3.05) is 13.2 Å². The van der Waals surface area contributed by atoms with Crippen LogP contribution in [-0.2, 0) is 28.6 Å². The first-order valence-corrected chi connectivity index (χ1v) is 25.9. The predicted molar refractivity (Wildman–Crippen MR) is 247 cm³/mol. The van der Waals surface area contributed by atoms with Gasteiger partial charge in [0.15, 0.2) is 6.10 Å². The molecule has 0 unspecified atom stereocenters. The molecule has 0 aliphatic heterocycles. The third-order valence-corrected chi connectivity index (χ3v) is 11.8. The van der Waals surface area contributed by atoms with Gasteiger partial charge in [0.1, 0.15) is 13.2 Å². The lowest BCUT2D eigenvalue weighted by Gasteiger charge is -2.18. The molecule has 0 heterocycles. The van der Waals surface area contributed by atoms with Crippen molar-refractivity contribution in [2.24, 2.45) is 5.92 Å². The molecule has 344 valence electrons. The van der Waals surface area contributed by atoms with Gasteiger partial charge in [-0.3, -0.25) is 14.4 Å². The standard InChI is InChI=1S/C52H100O6/c1-5-7-9-11-13-15-17-18-19-20-24-28-31-35-39-43-50(53)56-46-49(58-52(55)45-41-37-33-27-16-14-12-10-8-6-2)47-57-51(54)44-40-36-32-29-25-22-21-23-26-30-34-38-42-48(3)4/h48-49H,5-47H2,1-4H3/t49-/m0/s1. The normalized spacial score (nSPS) is 11.9. The lowest BCUT2D eigenvalue weighted by atomic mass is 10.0. The van der Waals surface area contributed by atoms with Crippen molar-refractivity contribution in [3.8, 4) is 0 Å². The topological polar surface area (TPSA) is 78.9 Å². The number of ether oxygens (including phenoxy) is 3. The van der Waals surface area contributed by atoms with Gasteiger partial charge in [-0.1, -0.05) is 252 Å². The highest BCUT2D eigenvalue weighted by atomic mass is 16.6. The maximum absolute atomic E-state index is 12.7. The first-order valence-electron chi connectivity index (χ1n) is 25.9. The zero-order valence-corrected chi connectivity index (χ0v) is 39.5. The van der Waals surface area contributed by atoms with E-state index in [-0.39, 0.29) is 31.1 Å². The maximum atomic E-state index is 12.7. The van der Waals surface area contributed by atoms with E-state index < -0.39 is 6.10 Å². The van der Waals surface area contributed by atoms with Gasteiger partial charge in [-0.05, 0) is 25.2 Å². The molecule has 1 atom stereocenters. The average molecular weight is 821 g/mol. The molecule has 0 saturated heterocycles. The lowest BCUT2D eigenvalue weighted by Crippen LogP contribution is -2.30. The summed E-state index contributed by atoms with van der Waals surface area (Å²) < 4.78 is 16.8. The van der Waals surface area contributed by atoms with Crippen LogP contribution in [0.2, 0.25) is 0 Å². The highest BCUT2D eigenvalue weighted by molar-refractivity contribution is 5.71. The summed E-state index contributed by atoms with van der Waals surface area (Å²) in [6.07, 6.45) is 48.0. The summed E-state index contributed by atoms with van der Waals surface area (Å²) >= 11 is 0. The van der Waals surface area contributed by atoms with E-state index >= 15 is 0 Å². The van der Waals surface area contributed by atoms with Gasteiger partial charge < -0.3 is 14.2 Å². The maximum Gasteiger partial charge on any atom is 0.306 e. The van der Waals surface area contributed by atoms with Crippen LogP contribution in [0.25, 0.3) is 0 Å². The minimum Gasteiger partial charge on any atom is -0.462 e. The fourth-order valence-electron chi connectivity index (χ4n) is 7.86. The minimum atomic E-state index is -0.760. The van der Waals surface area contributed by atoms with E-state index in [1.165, 1.54) is 186 Å². The Kier molecular flexibility index (Phi) is 45.2. The Bertz CT molecular complexity index is 872. The fraction of sp³-hybridized carbons (Fsp3) is 0.942. The Balaban J connectivity index is 4.26. The smallest absolute Gasteiger partial charge is 0.306 e. The van der Waals surface area contributed by atoms with Gasteiger partial charge in [-0.15, -0.1) is 0 Å². The van der Waals surface area contributed by atoms with Crippen LogP contribution < -0.4 is 0 Å². The first-order chi connectivity index (χ1) is 28.4. The molecular weight excluding hydrogens is 721 g/mol. The molecule has 0 amide bonds. The molecule has 0 rings (SSSR count). The van der Waals surface area contributed by atoms with Crippen molar-refractivity contribution in [3.05, 3.63) is 0 Å². The molecule has 0 N–H and O–H groups in total. The van der Waals surface area contributed by atoms with E-state index in [1.807, 2.05) is 0 Å². The zero-order valence-electron chi connectivity index (χ0n) is 39.5. The van der Waals surface area contributed by atoms with Crippen LogP contribution in [0.4, 0.5) is 0 Å². The first kappa shape index (κ1) is 56.4. The quantitative estimate of drug-likeness (QED) is 0.0346. The van der Waals surface area contributed by atoms with Gasteiger partial charge in [0.2, 0.25) is 0 Å². The monoisotopic (exact) mass is 821 g/mol. The van der Waals surface area contributed by atoms with Crippen molar-refractivity contribution in [2.45, 2.75) is 297 Å². The summed E-state index contributed by atoms with van der Waals surface area (Å²) in [6, 6.07) is 0. The number of carbonyl (C=O) groups is 3. The second kappa shape index (κ2) is 46.5. The molecule has 0 radical (unpaired) electrons. The van der Waals surface area contributed by atoms with Gasteiger partial charge in [-0.25, -0.2) is 0 Å². The summed E-state index contributed by atoms with van der Waals surface area (Å²) in [5, 5.41) is 0. The van der Waals surface area contributed by atoms with E-state index in [4.69, 9.17) is 14.2 Å². The molecule has 0 aromatic carbocycles. The fourth-order valence-corrected chi connectivity index (χ4v) is 7.86. The van der Waals surface area contributed by atoms with Crippen LogP contribution >= 0.6 is 0 Å². The van der Waals surface area contributed by atoms with Crippen LogP contribution in [0, 0.1) is 5.92 Å². The number of hydrogen-bond acceptors (Lipinski definition) is 6. The van der Waals surface area contributed by atoms with E-state index in [0.717, 1.165) is 63.7 Å². The van der Waals surface area contributed by atoms with Crippen molar-refractivity contribution in [1.29, 1.82) is 0 Å². The predicted octanol–water partition coefficient (Wildman–Crippen LogP) is 16.7. The number of rotatable bonds is 47. The third kappa shape index (κ3) is 45.5. The minimum absolute atomic E-state index is 0.0627. The molecule has 58 heavy (non-hydrogen) atoms. The summed E-state index contributed by atoms with van der Waals surface area (Å²) in [6.45, 7) is 9.02. The van der Waals surface area contributed by atoms with Crippen molar-refractivity contribution in [1.82, 2.24) is 0 Å². The van der Waals surface area contributed by atoms with Crippen LogP contribution in [0.3, 0.4) is 0 Å². The zero-order chi connectivity index (χ0) is 42.4. The Hall–Kier alpha value is -1.59. The lowest BCUT2D eigenvalue weighted by molar-refractivity contribution is -0.167. The molecule has 0 aliphatic rings. The van der Waals surface area contributed by atoms with Gasteiger partial charge in [-0.2, -0.15) is 0 Å². The van der Waals surface area contributed by atoms with E-state index in [1.54, 1.807) is 0 Å². The highest BCUT2D eigenvalue weighted by Gasteiger charge is 2.19. The number of carbonyl (C=O) groups excluding carboxylic acids is 3. The van der Waals surface area contributed by atoms with Crippen molar-refractivity contribution in [3.63, 3.8) is 0 Å². The molecule has 6 heteroatoms. The summed E-state index contributed by atoms with van der Waals surface area (Å²) in [5.41, 5.74) is 0. The van der Waals surface area contributed by atoms with E-state index in [9.17, 15) is 14.4 Å². The van der Waals surface area contributed by atoms with E-state index in [2.05, 4.69) is 27.7 Å². The summed E-state index contributed by atoms with van der Waals surface area (Å²) in [7, 11) is 0. The highest BCUT2D eigenvalue weighted by Crippen LogP contribution is 2.17. The van der Waals surface area contributed by atoms with Gasteiger partial charge in [0, 0.05) is 19.3 Å². The second-order valence-electron chi connectivity index (χ2n) is 18.3. The van der Waals surface area contributed by atoms with Crippen LogP contribution in [0.1, 0.15) is 291 Å².